The van der Waals surface area contributed by atoms with Crippen molar-refractivity contribution in [3.63, 3.8) is 0 Å². The first-order valence-electron chi connectivity index (χ1n) is 8.56. The van der Waals surface area contributed by atoms with Crippen LogP contribution < -0.4 is 10.1 Å². The van der Waals surface area contributed by atoms with Crippen molar-refractivity contribution in [3.05, 3.63) is 42.0 Å². The van der Waals surface area contributed by atoms with Crippen LogP contribution in [0.5, 0.6) is 5.75 Å². The third-order valence-corrected chi connectivity index (χ3v) is 5.48. The molecular weight excluding hydrogens is 354 g/mol. The zero-order valence-electron chi connectivity index (χ0n) is 14.0. The predicted molar refractivity (Wildman–Crippen MR) is 106 cm³/mol. The highest BCUT2D eigenvalue weighted by Crippen LogP contribution is 2.28. The minimum Gasteiger partial charge on any atom is -0.493 e. The quantitative estimate of drug-likeness (QED) is 0.610. The number of thiophene rings is 1. The average molecular weight is 376 g/mol. The van der Waals surface area contributed by atoms with Gasteiger partial charge in [0.2, 0.25) is 0 Å². The molecule has 6 heteroatoms. The lowest BCUT2D eigenvalue weighted by molar-refractivity contribution is 0.209. The van der Waals surface area contributed by atoms with Crippen LogP contribution in [0.15, 0.2) is 42.0 Å². The van der Waals surface area contributed by atoms with Gasteiger partial charge in [-0.25, -0.2) is 9.97 Å². The Morgan fingerprint density at radius 3 is 2.64 bits per heavy atom. The SMILES string of the molecule is Cl.c1nc(Nc2ccc(OCC3CCCCC3)cc2)c2sccc2n1. The van der Waals surface area contributed by atoms with Gasteiger partial charge >= 0.3 is 0 Å². The number of rotatable bonds is 5. The number of benzene rings is 1. The van der Waals surface area contributed by atoms with Crippen molar-refractivity contribution in [2.75, 3.05) is 11.9 Å². The summed E-state index contributed by atoms with van der Waals surface area (Å²) in [4.78, 5) is 8.62. The zero-order chi connectivity index (χ0) is 16.2. The molecule has 4 nitrogen and oxygen atoms in total. The highest BCUT2D eigenvalue weighted by atomic mass is 35.5. The lowest BCUT2D eigenvalue weighted by atomic mass is 9.90. The molecule has 0 aliphatic heterocycles. The molecule has 1 aliphatic rings. The summed E-state index contributed by atoms with van der Waals surface area (Å²) in [6.45, 7) is 0.842. The molecule has 2 aromatic heterocycles. The van der Waals surface area contributed by atoms with E-state index in [2.05, 4.69) is 15.3 Å². The lowest BCUT2D eigenvalue weighted by Crippen LogP contribution is -2.15. The second-order valence-electron chi connectivity index (χ2n) is 6.32. The van der Waals surface area contributed by atoms with Crippen molar-refractivity contribution in [1.82, 2.24) is 9.97 Å². The van der Waals surface area contributed by atoms with Gasteiger partial charge < -0.3 is 10.1 Å². The molecule has 0 atom stereocenters. The Hall–Kier alpha value is -1.85. The fraction of sp³-hybridized carbons (Fsp3) is 0.368. The van der Waals surface area contributed by atoms with Gasteiger partial charge in [-0.1, -0.05) is 19.3 Å². The largest absolute Gasteiger partial charge is 0.493 e. The lowest BCUT2D eigenvalue weighted by Gasteiger charge is -2.21. The smallest absolute Gasteiger partial charge is 0.151 e. The molecule has 0 spiro atoms. The van der Waals surface area contributed by atoms with E-state index in [4.69, 9.17) is 4.74 Å². The summed E-state index contributed by atoms with van der Waals surface area (Å²) in [5.74, 6) is 2.52. The van der Waals surface area contributed by atoms with Gasteiger partial charge in [-0.15, -0.1) is 23.7 Å². The molecule has 1 aliphatic carbocycles. The molecule has 25 heavy (non-hydrogen) atoms. The van der Waals surface area contributed by atoms with Crippen molar-refractivity contribution in [2.45, 2.75) is 32.1 Å². The normalized spacial score (nSPS) is 14.9. The Morgan fingerprint density at radius 1 is 1.04 bits per heavy atom. The van der Waals surface area contributed by atoms with E-state index in [9.17, 15) is 0 Å². The highest BCUT2D eigenvalue weighted by molar-refractivity contribution is 7.17. The minimum atomic E-state index is 0. The van der Waals surface area contributed by atoms with Crippen LogP contribution in [0.2, 0.25) is 0 Å². The van der Waals surface area contributed by atoms with Crippen LogP contribution in [0.4, 0.5) is 11.5 Å². The highest BCUT2D eigenvalue weighted by Gasteiger charge is 2.14. The van der Waals surface area contributed by atoms with Crippen molar-refractivity contribution in [1.29, 1.82) is 0 Å². The van der Waals surface area contributed by atoms with E-state index < -0.39 is 0 Å². The first-order valence-corrected chi connectivity index (χ1v) is 9.44. The Bertz CT molecular complexity index is 800. The van der Waals surface area contributed by atoms with Gasteiger partial charge in [-0.2, -0.15) is 0 Å². The number of aromatic nitrogens is 2. The van der Waals surface area contributed by atoms with Crippen LogP contribution in [-0.4, -0.2) is 16.6 Å². The van der Waals surface area contributed by atoms with E-state index in [1.807, 2.05) is 35.7 Å². The Morgan fingerprint density at radius 2 is 1.84 bits per heavy atom. The average Bonchev–Trinajstić information content (AvgIpc) is 3.12. The third kappa shape index (κ3) is 4.41. The zero-order valence-corrected chi connectivity index (χ0v) is 15.6. The van der Waals surface area contributed by atoms with Crippen LogP contribution in [-0.2, 0) is 0 Å². The summed E-state index contributed by atoms with van der Waals surface area (Å²) >= 11 is 1.65. The molecule has 1 fully saturated rings. The molecule has 2 heterocycles. The first kappa shape index (κ1) is 18.0. The number of fused-ring (bicyclic) bond motifs is 1. The van der Waals surface area contributed by atoms with Crippen LogP contribution in [0.1, 0.15) is 32.1 Å². The van der Waals surface area contributed by atoms with Crippen molar-refractivity contribution < 1.29 is 4.74 Å². The van der Waals surface area contributed by atoms with Gasteiger partial charge in [0.1, 0.15) is 12.1 Å². The maximum absolute atomic E-state index is 5.96. The molecule has 1 N–H and O–H groups in total. The second kappa shape index (κ2) is 8.50. The number of hydrogen-bond acceptors (Lipinski definition) is 5. The maximum Gasteiger partial charge on any atom is 0.151 e. The molecule has 3 aromatic rings. The Balaban J connectivity index is 0.00000182. The number of anilines is 2. The summed E-state index contributed by atoms with van der Waals surface area (Å²) in [6, 6.07) is 10.1. The van der Waals surface area contributed by atoms with E-state index >= 15 is 0 Å². The second-order valence-corrected chi connectivity index (χ2v) is 7.24. The summed E-state index contributed by atoms with van der Waals surface area (Å²) in [5.41, 5.74) is 1.98. The topological polar surface area (TPSA) is 47.0 Å². The molecule has 1 saturated carbocycles. The summed E-state index contributed by atoms with van der Waals surface area (Å²) in [5, 5.41) is 5.40. The Kier molecular flexibility index (Phi) is 6.10. The Labute approximate surface area is 158 Å². The molecule has 132 valence electrons. The fourth-order valence-corrected chi connectivity index (χ4v) is 4.01. The van der Waals surface area contributed by atoms with Gasteiger partial charge in [-0.3, -0.25) is 0 Å². The van der Waals surface area contributed by atoms with Crippen molar-refractivity contribution in [3.8, 4) is 5.75 Å². The monoisotopic (exact) mass is 375 g/mol. The van der Waals surface area contributed by atoms with E-state index in [1.54, 1.807) is 17.7 Å². The maximum atomic E-state index is 5.96. The summed E-state index contributed by atoms with van der Waals surface area (Å²) in [7, 11) is 0. The van der Waals surface area contributed by atoms with Gasteiger partial charge in [0.05, 0.1) is 16.8 Å². The third-order valence-electron chi connectivity index (χ3n) is 4.57. The number of ether oxygens (including phenoxy) is 1. The first-order chi connectivity index (χ1) is 11.9. The van der Waals surface area contributed by atoms with Crippen molar-refractivity contribution in [2.24, 2.45) is 5.92 Å². The predicted octanol–water partition coefficient (Wildman–Crippen LogP) is 5.82. The van der Waals surface area contributed by atoms with Crippen LogP contribution in [0.3, 0.4) is 0 Å². The van der Waals surface area contributed by atoms with E-state index in [0.29, 0.717) is 0 Å². The summed E-state index contributed by atoms with van der Waals surface area (Å²) < 4.78 is 7.04. The summed E-state index contributed by atoms with van der Waals surface area (Å²) in [6.07, 6.45) is 8.31. The fourth-order valence-electron chi connectivity index (χ4n) is 3.22. The van der Waals surface area contributed by atoms with Gasteiger partial charge in [0.15, 0.2) is 5.82 Å². The van der Waals surface area contributed by atoms with Crippen LogP contribution in [0.25, 0.3) is 10.2 Å². The van der Waals surface area contributed by atoms with Gasteiger partial charge in [-0.05, 0) is 54.5 Å². The molecule has 1 aromatic carbocycles. The number of halogens is 1. The van der Waals surface area contributed by atoms with E-state index in [-0.39, 0.29) is 12.4 Å². The molecule has 0 bridgehead atoms. The molecule has 0 saturated heterocycles. The molecule has 4 rings (SSSR count). The number of nitrogens with one attached hydrogen (secondary N) is 1. The number of nitrogens with zero attached hydrogens (tertiary/aromatic N) is 2. The van der Waals surface area contributed by atoms with E-state index in [1.165, 1.54) is 32.1 Å². The molecule has 0 unspecified atom stereocenters. The molecule has 0 amide bonds. The van der Waals surface area contributed by atoms with Gasteiger partial charge in [0, 0.05) is 5.69 Å². The minimum absolute atomic E-state index is 0. The standard InChI is InChI=1S/C19H21N3OS.ClH/c1-2-4-14(5-3-1)12-23-16-8-6-15(7-9-16)22-19-18-17(10-11-24-18)20-13-21-19;/h6-11,13-14H,1-5,12H2,(H,20,21,22);1H. The van der Waals surface area contributed by atoms with Gasteiger partial charge in [0.25, 0.3) is 0 Å². The van der Waals surface area contributed by atoms with Crippen molar-refractivity contribution >= 4 is 45.5 Å². The van der Waals surface area contributed by atoms with Crippen LogP contribution in [0, 0.1) is 5.92 Å². The van der Waals surface area contributed by atoms with E-state index in [0.717, 1.165) is 40.0 Å². The molecule has 0 radical (unpaired) electrons. The molecular formula is C19H22ClN3OS. The number of hydrogen-bond donors (Lipinski definition) is 1. The van der Waals surface area contributed by atoms with Crippen LogP contribution >= 0.6 is 23.7 Å².